The van der Waals surface area contributed by atoms with Crippen LogP contribution in [0.2, 0.25) is 0 Å². The summed E-state index contributed by atoms with van der Waals surface area (Å²) in [7, 11) is 0. The molecule has 0 aliphatic carbocycles. The first kappa shape index (κ1) is 16.8. The normalized spacial score (nSPS) is 27.2. The van der Waals surface area contributed by atoms with Gasteiger partial charge in [-0.1, -0.05) is 18.2 Å². The van der Waals surface area contributed by atoms with Crippen LogP contribution in [-0.4, -0.2) is 58.4 Å². The summed E-state index contributed by atoms with van der Waals surface area (Å²) in [4.78, 5) is 33.4. The Hall–Kier alpha value is -2.34. The molecule has 0 bridgehead atoms. The fourth-order valence-corrected chi connectivity index (χ4v) is 5.13. The van der Waals surface area contributed by atoms with E-state index in [1.807, 2.05) is 26.0 Å². The van der Waals surface area contributed by atoms with Crippen LogP contribution in [-0.2, 0) is 26.3 Å². The highest BCUT2D eigenvalue weighted by Gasteiger charge is 2.51. The van der Waals surface area contributed by atoms with Crippen molar-refractivity contribution in [3.8, 4) is 0 Å². The molecule has 2 saturated heterocycles. The lowest BCUT2D eigenvalue weighted by Crippen LogP contribution is -2.67. The molecule has 3 aliphatic heterocycles. The summed E-state index contributed by atoms with van der Waals surface area (Å²) in [6, 6.07) is 7.73. The predicted octanol–water partition coefficient (Wildman–Crippen LogP) is 2.18. The summed E-state index contributed by atoms with van der Waals surface area (Å²) < 4.78 is 5.69. The number of aromatic amines is 1. The van der Waals surface area contributed by atoms with Crippen molar-refractivity contribution >= 4 is 22.7 Å². The Balaban J connectivity index is 1.54. The third-order valence-electron chi connectivity index (χ3n) is 6.38. The zero-order valence-corrected chi connectivity index (χ0v) is 15.8. The van der Waals surface area contributed by atoms with Crippen molar-refractivity contribution in [3.63, 3.8) is 0 Å². The molecule has 2 atom stereocenters. The molecular formula is C21H25N3O3. The first-order valence-electron chi connectivity index (χ1n) is 9.79. The summed E-state index contributed by atoms with van der Waals surface area (Å²) in [6.45, 7) is 5.49. The Morgan fingerprint density at radius 3 is 2.85 bits per heavy atom. The van der Waals surface area contributed by atoms with E-state index in [4.69, 9.17) is 4.74 Å². The van der Waals surface area contributed by atoms with Crippen molar-refractivity contribution in [2.24, 2.45) is 0 Å². The summed E-state index contributed by atoms with van der Waals surface area (Å²) in [5.41, 5.74) is 2.73. The number of carbonyl (C=O) groups is 2. The third-order valence-corrected chi connectivity index (χ3v) is 6.38. The summed E-state index contributed by atoms with van der Waals surface area (Å²) in [5, 5.41) is 1.15. The van der Waals surface area contributed by atoms with Crippen LogP contribution in [0.15, 0.2) is 24.3 Å². The predicted molar refractivity (Wildman–Crippen MR) is 101 cm³/mol. The topological polar surface area (TPSA) is 65.6 Å². The van der Waals surface area contributed by atoms with Gasteiger partial charge in [0.15, 0.2) is 0 Å². The Morgan fingerprint density at radius 1 is 1.26 bits per heavy atom. The van der Waals surface area contributed by atoms with Crippen molar-refractivity contribution in [2.75, 3.05) is 19.7 Å². The monoisotopic (exact) mass is 367 g/mol. The molecule has 5 rings (SSSR count). The summed E-state index contributed by atoms with van der Waals surface area (Å²) >= 11 is 0. The quantitative estimate of drug-likeness (QED) is 0.885. The van der Waals surface area contributed by atoms with E-state index in [9.17, 15) is 9.59 Å². The Bertz CT molecular complexity index is 926. The van der Waals surface area contributed by atoms with Crippen LogP contribution in [0.25, 0.3) is 10.9 Å². The molecule has 27 heavy (non-hydrogen) atoms. The van der Waals surface area contributed by atoms with Gasteiger partial charge in [0, 0.05) is 36.2 Å². The molecule has 3 aliphatic rings. The van der Waals surface area contributed by atoms with Crippen LogP contribution in [0.1, 0.15) is 37.9 Å². The zero-order valence-electron chi connectivity index (χ0n) is 15.8. The van der Waals surface area contributed by atoms with Gasteiger partial charge < -0.3 is 19.5 Å². The third kappa shape index (κ3) is 2.42. The van der Waals surface area contributed by atoms with E-state index >= 15 is 0 Å². The number of piperazine rings is 1. The maximum atomic E-state index is 13.3. The van der Waals surface area contributed by atoms with E-state index in [-0.39, 0.29) is 24.5 Å². The first-order valence-corrected chi connectivity index (χ1v) is 9.79. The molecule has 4 heterocycles. The summed E-state index contributed by atoms with van der Waals surface area (Å²) in [6.07, 6.45) is 2.62. The van der Waals surface area contributed by atoms with Gasteiger partial charge in [0.1, 0.15) is 6.04 Å². The lowest BCUT2D eigenvalue weighted by atomic mass is 9.82. The number of aromatic nitrogens is 1. The van der Waals surface area contributed by atoms with Gasteiger partial charge in [0.25, 0.3) is 0 Å². The smallest absolute Gasteiger partial charge is 0.246 e. The van der Waals surface area contributed by atoms with Gasteiger partial charge in [0.05, 0.1) is 18.2 Å². The van der Waals surface area contributed by atoms with E-state index in [0.29, 0.717) is 13.0 Å². The maximum Gasteiger partial charge on any atom is 0.246 e. The standard InChI is InChI=1S/C21H25N3O3/c1-21(2)19-15(14-7-3-4-8-16(14)22-19)10-17-20(26)23(12-18(25)24(17)21)11-13-6-5-9-27-13/h3-4,7-8,13,17,22H,5-6,9-12H2,1-2H3/t13-,17+/m1/s1. The van der Waals surface area contributed by atoms with Crippen molar-refractivity contribution in [1.82, 2.24) is 14.8 Å². The van der Waals surface area contributed by atoms with Crippen LogP contribution in [0, 0.1) is 0 Å². The molecule has 0 unspecified atom stereocenters. The Kier molecular flexibility index (Phi) is 3.63. The van der Waals surface area contributed by atoms with E-state index < -0.39 is 11.6 Å². The van der Waals surface area contributed by atoms with Crippen LogP contribution in [0.3, 0.4) is 0 Å². The van der Waals surface area contributed by atoms with Crippen LogP contribution >= 0.6 is 0 Å². The molecule has 0 spiro atoms. The number of nitrogens with one attached hydrogen (secondary N) is 1. The van der Waals surface area contributed by atoms with Gasteiger partial charge >= 0.3 is 0 Å². The molecule has 6 nitrogen and oxygen atoms in total. The molecule has 0 saturated carbocycles. The van der Waals surface area contributed by atoms with Crippen molar-refractivity contribution in [3.05, 3.63) is 35.5 Å². The molecule has 0 radical (unpaired) electrons. The second kappa shape index (κ2) is 5.83. The molecule has 6 heteroatoms. The number of hydrogen-bond donors (Lipinski definition) is 1. The number of rotatable bonds is 2. The lowest BCUT2D eigenvalue weighted by molar-refractivity contribution is -0.165. The largest absolute Gasteiger partial charge is 0.376 e. The number of nitrogens with zero attached hydrogens (tertiary/aromatic N) is 2. The van der Waals surface area contributed by atoms with Crippen LogP contribution in [0.5, 0.6) is 0 Å². The Morgan fingerprint density at radius 2 is 2.07 bits per heavy atom. The van der Waals surface area contributed by atoms with E-state index in [0.717, 1.165) is 41.6 Å². The van der Waals surface area contributed by atoms with E-state index in [1.54, 1.807) is 9.80 Å². The lowest BCUT2D eigenvalue weighted by Gasteiger charge is -2.51. The number of ether oxygens (including phenoxy) is 1. The number of carbonyl (C=O) groups excluding carboxylic acids is 2. The molecule has 142 valence electrons. The van der Waals surface area contributed by atoms with Crippen molar-refractivity contribution < 1.29 is 14.3 Å². The van der Waals surface area contributed by atoms with Crippen molar-refractivity contribution in [1.29, 1.82) is 0 Å². The molecule has 1 aromatic heterocycles. The van der Waals surface area contributed by atoms with E-state index in [2.05, 4.69) is 17.1 Å². The van der Waals surface area contributed by atoms with Gasteiger partial charge in [-0.3, -0.25) is 9.59 Å². The fourth-order valence-electron chi connectivity index (χ4n) is 5.13. The van der Waals surface area contributed by atoms with Gasteiger partial charge in [-0.25, -0.2) is 0 Å². The molecule has 1 N–H and O–H groups in total. The minimum Gasteiger partial charge on any atom is -0.376 e. The van der Waals surface area contributed by atoms with Crippen molar-refractivity contribution in [2.45, 2.75) is 50.8 Å². The molecule has 2 fully saturated rings. The van der Waals surface area contributed by atoms with E-state index in [1.165, 1.54) is 0 Å². The number of H-pyrrole nitrogens is 1. The highest BCUT2D eigenvalue weighted by molar-refractivity contribution is 5.97. The molecular weight excluding hydrogens is 342 g/mol. The second-order valence-corrected chi connectivity index (χ2v) is 8.42. The van der Waals surface area contributed by atoms with Gasteiger partial charge in [-0.05, 0) is 38.3 Å². The number of hydrogen-bond acceptors (Lipinski definition) is 3. The number of amides is 2. The van der Waals surface area contributed by atoms with Gasteiger partial charge in [0.2, 0.25) is 11.8 Å². The highest BCUT2D eigenvalue weighted by atomic mass is 16.5. The highest BCUT2D eigenvalue weighted by Crippen LogP contribution is 2.42. The number of para-hydroxylation sites is 1. The average Bonchev–Trinajstić information content (AvgIpc) is 3.27. The van der Waals surface area contributed by atoms with Crippen LogP contribution in [0.4, 0.5) is 0 Å². The molecule has 2 aromatic rings. The minimum atomic E-state index is -0.542. The zero-order chi connectivity index (χ0) is 18.8. The molecule has 2 amide bonds. The number of benzene rings is 1. The average molecular weight is 367 g/mol. The van der Waals surface area contributed by atoms with Gasteiger partial charge in [-0.2, -0.15) is 0 Å². The molecule has 1 aromatic carbocycles. The number of fused-ring (bicyclic) bond motifs is 4. The minimum absolute atomic E-state index is 0.0203. The summed E-state index contributed by atoms with van der Waals surface area (Å²) in [5.74, 6) is 0.0704. The SMILES string of the molecule is CC1(C)c2[nH]c3ccccc3c2C[C@H]2C(=O)N(C[C@H]3CCCO3)CC(=O)N21. The second-order valence-electron chi connectivity index (χ2n) is 8.42. The van der Waals surface area contributed by atoms with Gasteiger partial charge in [-0.15, -0.1) is 0 Å². The maximum absolute atomic E-state index is 13.3. The Labute approximate surface area is 158 Å². The first-order chi connectivity index (χ1) is 13.0. The fraction of sp³-hybridized carbons (Fsp3) is 0.524. The van der Waals surface area contributed by atoms with Crippen LogP contribution < -0.4 is 0 Å².